The normalized spacial score (nSPS) is 11.5. The fourth-order valence-corrected chi connectivity index (χ4v) is 7.45. The maximum Gasteiger partial charge on any atom is -0.000139 e. The van der Waals surface area contributed by atoms with E-state index in [-0.39, 0.29) is 0 Å². The van der Waals surface area contributed by atoms with Crippen molar-refractivity contribution in [3.8, 4) is 44.5 Å². The predicted molar refractivity (Wildman–Crippen MR) is 204 cm³/mol. The number of benzene rings is 8. The van der Waals surface area contributed by atoms with Crippen LogP contribution in [0, 0.1) is 34.6 Å². The van der Waals surface area contributed by atoms with Crippen molar-refractivity contribution in [2.24, 2.45) is 0 Å². The molecule has 0 bridgehead atoms. The lowest BCUT2D eigenvalue weighted by molar-refractivity contribution is 1.37. The van der Waals surface area contributed by atoms with Gasteiger partial charge in [-0.25, -0.2) is 0 Å². The zero-order valence-corrected chi connectivity index (χ0v) is 27.8. The Bertz CT molecular complexity index is 2450. The minimum absolute atomic E-state index is 1.23. The molecule has 0 amide bonds. The van der Waals surface area contributed by atoms with E-state index in [9.17, 15) is 0 Å². The van der Waals surface area contributed by atoms with E-state index in [1.54, 1.807) is 0 Å². The Morgan fingerprint density at radius 3 is 1.04 bits per heavy atom. The van der Waals surface area contributed by atoms with Gasteiger partial charge in [-0.3, -0.25) is 0 Å². The third-order valence-electron chi connectivity index (χ3n) is 9.94. The van der Waals surface area contributed by atoms with E-state index < -0.39 is 0 Å². The minimum Gasteiger partial charge on any atom is -0.0622 e. The first-order valence-corrected chi connectivity index (χ1v) is 16.6. The molecule has 0 aliphatic rings. The highest BCUT2D eigenvalue weighted by Gasteiger charge is 2.26. The summed E-state index contributed by atoms with van der Waals surface area (Å²) in [7, 11) is 0. The van der Waals surface area contributed by atoms with Crippen molar-refractivity contribution in [2.75, 3.05) is 0 Å². The largest absolute Gasteiger partial charge is 0.0622 e. The van der Waals surface area contributed by atoms with Gasteiger partial charge in [0.15, 0.2) is 0 Å². The summed E-state index contributed by atoms with van der Waals surface area (Å²) in [5.74, 6) is 0. The number of rotatable bonds is 4. The Kier molecular flexibility index (Phi) is 7.03. The molecule has 0 saturated carbocycles. The minimum atomic E-state index is 1.23. The SMILES string of the molecule is Cc1ccc(-c2c3cc(C)ccc3c(-c3ccccc3)c3c(-c4ccc(C)cc4)c4cc(C)c(C)cc4c(-c4ccccc4)c23)cc1. The molecule has 0 aliphatic carbocycles. The molecule has 0 atom stereocenters. The van der Waals surface area contributed by atoms with Crippen molar-refractivity contribution in [2.45, 2.75) is 34.6 Å². The molecule has 0 fully saturated rings. The van der Waals surface area contributed by atoms with Crippen molar-refractivity contribution in [3.63, 3.8) is 0 Å². The Morgan fingerprint density at radius 1 is 0.277 bits per heavy atom. The lowest BCUT2D eigenvalue weighted by Gasteiger charge is -2.26. The highest BCUT2D eigenvalue weighted by atomic mass is 14.3. The summed E-state index contributed by atoms with van der Waals surface area (Å²) in [4.78, 5) is 0. The van der Waals surface area contributed by atoms with Gasteiger partial charge in [-0.15, -0.1) is 0 Å². The van der Waals surface area contributed by atoms with Crippen LogP contribution in [0.3, 0.4) is 0 Å². The lowest BCUT2D eigenvalue weighted by Crippen LogP contribution is -1.99. The maximum atomic E-state index is 2.44. The standard InChI is InChI=1S/C47H38/c1-29-16-21-36(22-17-29)44-39-26-31(3)20-25-38(39)42(34-12-8-6-9-13-34)46-45(37-23-18-30(2)19-24-37)41-28-33(5)32(4)27-40(41)43(47(44)46)35-14-10-7-11-15-35/h6-28H,1-5H3. The Morgan fingerprint density at radius 2 is 0.617 bits per heavy atom. The number of aryl methyl sites for hydroxylation is 5. The first-order chi connectivity index (χ1) is 22.9. The molecule has 0 aromatic heterocycles. The van der Waals surface area contributed by atoms with Crippen LogP contribution in [-0.4, -0.2) is 0 Å². The quantitative estimate of drug-likeness (QED) is 0.176. The van der Waals surface area contributed by atoms with Crippen LogP contribution in [0.15, 0.2) is 140 Å². The molecule has 8 aromatic carbocycles. The van der Waals surface area contributed by atoms with E-state index in [1.807, 2.05) is 0 Å². The van der Waals surface area contributed by atoms with Crippen molar-refractivity contribution in [3.05, 3.63) is 167 Å². The molecule has 0 nitrogen and oxygen atoms in total. The van der Waals surface area contributed by atoms with Crippen molar-refractivity contribution < 1.29 is 0 Å². The highest BCUT2D eigenvalue weighted by molar-refractivity contribution is 6.34. The summed E-state index contributed by atoms with van der Waals surface area (Å²) in [6, 6.07) is 52.3. The molecule has 0 spiro atoms. The van der Waals surface area contributed by atoms with Crippen LogP contribution >= 0.6 is 0 Å². The number of hydrogen-bond donors (Lipinski definition) is 0. The smallest absolute Gasteiger partial charge is 0.000139 e. The van der Waals surface area contributed by atoms with Crippen LogP contribution in [0.1, 0.15) is 27.8 Å². The molecular weight excluding hydrogens is 565 g/mol. The Balaban J connectivity index is 1.78. The Hall–Kier alpha value is -5.46. The second-order valence-corrected chi connectivity index (χ2v) is 13.2. The fourth-order valence-electron chi connectivity index (χ4n) is 7.45. The van der Waals surface area contributed by atoms with Gasteiger partial charge in [0.2, 0.25) is 0 Å². The third kappa shape index (κ3) is 4.84. The summed E-state index contributed by atoms with van der Waals surface area (Å²) < 4.78 is 0. The van der Waals surface area contributed by atoms with Crippen LogP contribution < -0.4 is 0 Å². The van der Waals surface area contributed by atoms with Gasteiger partial charge in [0, 0.05) is 0 Å². The van der Waals surface area contributed by atoms with Gasteiger partial charge in [0.25, 0.3) is 0 Å². The van der Waals surface area contributed by atoms with Gasteiger partial charge in [-0.05, 0) is 123 Å². The molecule has 226 valence electrons. The van der Waals surface area contributed by atoms with Gasteiger partial charge >= 0.3 is 0 Å². The van der Waals surface area contributed by atoms with Crippen LogP contribution in [0.5, 0.6) is 0 Å². The molecule has 0 unspecified atom stereocenters. The molecule has 8 rings (SSSR count). The summed E-state index contributed by atoms with van der Waals surface area (Å²) in [5.41, 5.74) is 16.5. The van der Waals surface area contributed by atoms with Crippen molar-refractivity contribution in [1.82, 2.24) is 0 Å². The van der Waals surface area contributed by atoms with Crippen molar-refractivity contribution in [1.29, 1.82) is 0 Å². The topological polar surface area (TPSA) is 0 Å². The summed E-state index contributed by atoms with van der Waals surface area (Å²) in [5, 5.41) is 7.77. The van der Waals surface area contributed by atoms with Crippen LogP contribution in [0.2, 0.25) is 0 Å². The summed E-state index contributed by atoms with van der Waals surface area (Å²) >= 11 is 0. The van der Waals surface area contributed by atoms with E-state index >= 15 is 0 Å². The van der Waals surface area contributed by atoms with E-state index in [1.165, 1.54) is 105 Å². The molecule has 0 heterocycles. The van der Waals surface area contributed by atoms with Gasteiger partial charge in [-0.1, -0.05) is 156 Å². The van der Waals surface area contributed by atoms with E-state index in [0.717, 1.165) is 0 Å². The first kappa shape index (κ1) is 29.0. The number of fused-ring (bicyclic) bond motifs is 3. The lowest BCUT2D eigenvalue weighted by atomic mass is 9.77. The van der Waals surface area contributed by atoms with E-state index in [0.29, 0.717) is 0 Å². The highest BCUT2D eigenvalue weighted by Crippen LogP contribution is 2.54. The fraction of sp³-hybridized carbons (Fsp3) is 0.106. The molecule has 47 heavy (non-hydrogen) atoms. The molecule has 8 aromatic rings. The van der Waals surface area contributed by atoms with Gasteiger partial charge in [0.05, 0.1) is 0 Å². The molecule has 0 aliphatic heterocycles. The first-order valence-electron chi connectivity index (χ1n) is 16.6. The predicted octanol–water partition coefficient (Wildman–Crippen LogP) is 13.4. The summed E-state index contributed by atoms with van der Waals surface area (Å²) in [6.45, 7) is 11.1. The van der Waals surface area contributed by atoms with Crippen LogP contribution in [0.4, 0.5) is 0 Å². The molecule has 0 saturated heterocycles. The molecular formula is C47H38. The second-order valence-electron chi connectivity index (χ2n) is 13.2. The maximum absolute atomic E-state index is 2.44. The van der Waals surface area contributed by atoms with Crippen LogP contribution in [-0.2, 0) is 0 Å². The van der Waals surface area contributed by atoms with Gasteiger partial charge < -0.3 is 0 Å². The molecule has 0 radical (unpaired) electrons. The molecule has 0 heteroatoms. The zero-order chi connectivity index (χ0) is 32.2. The van der Waals surface area contributed by atoms with E-state index in [4.69, 9.17) is 0 Å². The van der Waals surface area contributed by atoms with Crippen LogP contribution in [0.25, 0.3) is 76.8 Å². The summed E-state index contributed by atoms with van der Waals surface area (Å²) in [6.07, 6.45) is 0. The third-order valence-corrected chi connectivity index (χ3v) is 9.94. The molecule has 0 N–H and O–H groups in total. The zero-order valence-electron chi connectivity index (χ0n) is 27.8. The average Bonchev–Trinajstić information content (AvgIpc) is 3.09. The Labute approximate surface area is 278 Å². The average molecular weight is 603 g/mol. The van der Waals surface area contributed by atoms with E-state index in [2.05, 4.69) is 174 Å². The second kappa shape index (κ2) is 11.4. The van der Waals surface area contributed by atoms with Gasteiger partial charge in [-0.2, -0.15) is 0 Å². The van der Waals surface area contributed by atoms with Crippen molar-refractivity contribution >= 4 is 32.3 Å². The number of hydrogen-bond acceptors (Lipinski definition) is 0. The monoisotopic (exact) mass is 602 g/mol. The van der Waals surface area contributed by atoms with Gasteiger partial charge in [0.1, 0.15) is 0 Å².